The number of nitrogens with one attached hydrogen (secondary N) is 1. The van der Waals surface area contributed by atoms with Gasteiger partial charge in [0.1, 0.15) is 0 Å². The Hall–Kier alpha value is -1.63. The highest BCUT2D eigenvalue weighted by atomic mass is 32.1. The first-order valence-electron chi connectivity index (χ1n) is 5.16. The standard InChI is InChI=1S/C9H12N6OS/c1-6-5-17-9(11-6)12-8(16)4-15-2-7(3-15)13-14-10/h5,7H,2-4H2,1H3,(H,11,12,16). The summed E-state index contributed by atoms with van der Waals surface area (Å²) >= 11 is 1.41. The molecule has 0 atom stereocenters. The van der Waals surface area contributed by atoms with Gasteiger partial charge in [-0.3, -0.25) is 9.69 Å². The first-order valence-corrected chi connectivity index (χ1v) is 6.04. The summed E-state index contributed by atoms with van der Waals surface area (Å²) in [4.78, 5) is 20.4. The number of rotatable bonds is 4. The van der Waals surface area contributed by atoms with E-state index in [1.807, 2.05) is 17.2 Å². The highest BCUT2D eigenvalue weighted by molar-refractivity contribution is 7.13. The van der Waals surface area contributed by atoms with Gasteiger partial charge >= 0.3 is 0 Å². The van der Waals surface area contributed by atoms with Crippen molar-refractivity contribution in [1.82, 2.24) is 9.88 Å². The second kappa shape index (κ2) is 5.13. The van der Waals surface area contributed by atoms with Crippen LogP contribution < -0.4 is 5.32 Å². The number of carbonyl (C=O) groups excluding carboxylic acids is 1. The van der Waals surface area contributed by atoms with E-state index < -0.39 is 0 Å². The predicted octanol–water partition coefficient (Wildman–Crippen LogP) is 1.38. The number of hydrogen-bond donors (Lipinski definition) is 1. The van der Waals surface area contributed by atoms with Crippen molar-refractivity contribution >= 4 is 22.4 Å². The van der Waals surface area contributed by atoms with Crippen LogP contribution >= 0.6 is 11.3 Å². The number of amides is 1. The quantitative estimate of drug-likeness (QED) is 0.498. The largest absolute Gasteiger partial charge is 0.301 e. The summed E-state index contributed by atoms with van der Waals surface area (Å²) in [5.74, 6) is -0.0845. The molecule has 0 aromatic carbocycles. The zero-order valence-corrected chi connectivity index (χ0v) is 10.1. The lowest BCUT2D eigenvalue weighted by molar-refractivity contribution is -0.118. The van der Waals surface area contributed by atoms with E-state index in [0.717, 1.165) is 5.69 Å². The summed E-state index contributed by atoms with van der Waals surface area (Å²) in [6.45, 7) is 3.49. The summed E-state index contributed by atoms with van der Waals surface area (Å²) in [6, 6.07) is 0.00917. The van der Waals surface area contributed by atoms with Crippen molar-refractivity contribution in [2.75, 3.05) is 25.0 Å². The van der Waals surface area contributed by atoms with Crippen molar-refractivity contribution in [2.45, 2.75) is 13.0 Å². The van der Waals surface area contributed by atoms with Gasteiger partial charge in [0.05, 0.1) is 18.3 Å². The maximum Gasteiger partial charge on any atom is 0.240 e. The van der Waals surface area contributed by atoms with Gasteiger partial charge in [-0.05, 0) is 12.5 Å². The van der Waals surface area contributed by atoms with Gasteiger partial charge < -0.3 is 5.32 Å². The molecular formula is C9H12N6OS. The lowest BCUT2D eigenvalue weighted by Gasteiger charge is -2.35. The second-order valence-electron chi connectivity index (χ2n) is 3.90. The molecule has 0 bridgehead atoms. The Kier molecular flexibility index (Phi) is 3.58. The molecule has 7 nitrogen and oxygen atoms in total. The molecule has 8 heteroatoms. The lowest BCUT2D eigenvalue weighted by atomic mass is 10.1. The van der Waals surface area contributed by atoms with Gasteiger partial charge in [-0.1, -0.05) is 5.11 Å². The Morgan fingerprint density at radius 3 is 3.18 bits per heavy atom. The highest BCUT2D eigenvalue weighted by Gasteiger charge is 2.27. The molecule has 0 radical (unpaired) electrons. The van der Waals surface area contributed by atoms with Crippen LogP contribution in [0.5, 0.6) is 0 Å². The van der Waals surface area contributed by atoms with Crippen LogP contribution in [0.3, 0.4) is 0 Å². The van der Waals surface area contributed by atoms with Crippen LogP contribution in [0.15, 0.2) is 10.5 Å². The molecule has 2 heterocycles. The Morgan fingerprint density at radius 2 is 2.59 bits per heavy atom. The molecule has 90 valence electrons. The van der Waals surface area contributed by atoms with Gasteiger partial charge in [-0.25, -0.2) is 4.98 Å². The average Bonchev–Trinajstić information content (AvgIpc) is 2.61. The molecule has 1 aliphatic rings. The Labute approximate surface area is 102 Å². The monoisotopic (exact) mass is 252 g/mol. The summed E-state index contributed by atoms with van der Waals surface area (Å²) < 4.78 is 0. The number of likely N-dealkylation sites (tertiary alicyclic amines) is 1. The van der Waals surface area contributed by atoms with E-state index in [1.165, 1.54) is 11.3 Å². The van der Waals surface area contributed by atoms with E-state index in [1.54, 1.807) is 0 Å². The van der Waals surface area contributed by atoms with Crippen molar-refractivity contribution < 1.29 is 4.79 Å². The van der Waals surface area contributed by atoms with Crippen molar-refractivity contribution in [3.63, 3.8) is 0 Å². The predicted molar refractivity (Wildman–Crippen MR) is 64.9 cm³/mol. The fourth-order valence-corrected chi connectivity index (χ4v) is 2.30. The fourth-order valence-electron chi connectivity index (χ4n) is 1.59. The normalized spacial score (nSPS) is 16.1. The maximum absolute atomic E-state index is 11.6. The zero-order valence-electron chi connectivity index (χ0n) is 9.33. The van der Waals surface area contributed by atoms with Crippen LogP contribution in [-0.2, 0) is 4.79 Å². The Morgan fingerprint density at radius 1 is 1.82 bits per heavy atom. The molecule has 2 rings (SSSR count). The number of carbonyl (C=O) groups is 1. The van der Waals surface area contributed by atoms with Crippen molar-refractivity contribution in [3.8, 4) is 0 Å². The SMILES string of the molecule is Cc1csc(NC(=O)CN2CC(N=[N+]=[N-])C2)n1. The topological polar surface area (TPSA) is 94.0 Å². The van der Waals surface area contributed by atoms with E-state index in [2.05, 4.69) is 20.3 Å². The van der Waals surface area contributed by atoms with Gasteiger partial charge in [0.15, 0.2) is 5.13 Å². The minimum absolute atomic E-state index is 0.00917. The van der Waals surface area contributed by atoms with E-state index in [9.17, 15) is 4.79 Å². The number of nitrogens with zero attached hydrogens (tertiary/aromatic N) is 5. The van der Waals surface area contributed by atoms with E-state index in [0.29, 0.717) is 24.8 Å². The second-order valence-corrected chi connectivity index (χ2v) is 4.75. The van der Waals surface area contributed by atoms with Crippen molar-refractivity contribution in [2.24, 2.45) is 5.11 Å². The lowest BCUT2D eigenvalue weighted by Crippen LogP contribution is -2.52. The smallest absolute Gasteiger partial charge is 0.240 e. The van der Waals surface area contributed by atoms with Crippen LogP contribution in [0.4, 0.5) is 5.13 Å². The maximum atomic E-state index is 11.6. The molecule has 1 aliphatic heterocycles. The average molecular weight is 252 g/mol. The summed E-state index contributed by atoms with van der Waals surface area (Å²) in [5.41, 5.74) is 9.12. The molecular weight excluding hydrogens is 240 g/mol. The number of hydrogen-bond acceptors (Lipinski definition) is 5. The molecule has 0 aliphatic carbocycles. The van der Waals surface area contributed by atoms with Gasteiger partial charge in [-0.2, -0.15) is 0 Å². The highest BCUT2D eigenvalue weighted by Crippen LogP contribution is 2.15. The molecule has 1 saturated heterocycles. The van der Waals surface area contributed by atoms with Gasteiger partial charge in [0.2, 0.25) is 5.91 Å². The minimum atomic E-state index is -0.0845. The van der Waals surface area contributed by atoms with E-state index >= 15 is 0 Å². The molecule has 0 saturated carbocycles. The summed E-state index contributed by atoms with van der Waals surface area (Å²) in [5, 5.41) is 8.81. The molecule has 17 heavy (non-hydrogen) atoms. The minimum Gasteiger partial charge on any atom is -0.301 e. The van der Waals surface area contributed by atoms with Crippen LogP contribution in [-0.4, -0.2) is 41.5 Å². The third-order valence-corrected chi connectivity index (χ3v) is 3.26. The van der Waals surface area contributed by atoms with Crippen LogP contribution in [0, 0.1) is 6.92 Å². The molecule has 0 spiro atoms. The first-order chi connectivity index (χ1) is 8.17. The van der Waals surface area contributed by atoms with Crippen molar-refractivity contribution in [3.05, 3.63) is 21.5 Å². The number of aryl methyl sites for hydroxylation is 1. The third-order valence-electron chi connectivity index (χ3n) is 2.39. The fraction of sp³-hybridized carbons (Fsp3) is 0.556. The molecule has 1 N–H and O–H groups in total. The van der Waals surface area contributed by atoms with Crippen LogP contribution in [0.1, 0.15) is 5.69 Å². The summed E-state index contributed by atoms with van der Waals surface area (Å²) in [7, 11) is 0. The van der Waals surface area contributed by atoms with Crippen molar-refractivity contribution in [1.29, 1.82) is 0 Å². The number of thiazole rings is 1. The Balaban J connectivity index is 1.74. The molecule has 1 aromatic heterocycles. The molecule has 0 unspecified atom stereocenters. The number of aromatic nitrogens is 1. The summed E-state index contributed by atoms with van der Waals surface area (Å²) in [6.07, 6.45) is 0. The van der Waals surface area contributed by atoms with Crippen LogP contribution in [0.25, 0.3) is 10.4 Å². The van der Waals surface area contributed by atoms with Gasteiger partial charge in [-0.15, -0.1) is 11.3 Å². The van der Waals surface area contributed by atoms with E-state index in [-0.39, 0.29) is 11.9 Å². The number of azide groups is 1. The van der Waals surface area contributed by atoms with Gasteiger partial charge in [0.25, 0.3) is 0 Å². The molecule has 1 fully saturated rings. The zero-order chi connectivity index (χ0) is 12.3. The van der Waals surface area contributed by atoms with E-state index in [4.69, 9.17) is 5.53 Å². The number of anilines is 1. The first kappa shape index (κ1) is 11.8. The van der Waals surface area contributed by atoms with Crippen LogP contribution in [0.2, 0.25) is 0 Å². The van der Waals surface area contributed by atoms with Gasteiger partial charge in [0, 0.05) is 23.4 Å². The molecule has 1 amide bonds. The molecule has 1 aromatic rings. The Bertz CT molecular complexity index is 460. The third kappa shape index (κ3) is 3.16.